The summed E-state index contributed by atoms with van der Waals surface area (Å²) in [5.41, 5.74) is -0.452. The molecule has 2 rings (SSSR count). The van der Waals surface area contributed by atoms with Crippen molar-refractivity contribution in [3.05, 3.63) is 29.6 Å². The first-order chi connectivity index (χ1) is 8.06. The average Bonchev–Trinajstić information content (AvgIpc) is 2.33. The van der Waals surface area contributed by atoms with Gasteiger partial charge >= 0.3 is 5.97 Å². The fraction of sp³-hybridized carbons (Fsp3) is 0.462. The second-order valence-corrected chi connectivity index (χ2v) is 4.61. The lowest BCUT2D eigenvalue weighted by atomic mass is 9.69. The number of benzene rings is 1. The molecule has 0 amide bonds. The van der Waals surface area contributed by atoms with Crippen LogP contribution in [0.4, 0.5) is 4.39 Å². The van der Waals surface area contributed by atoms with Crippen LogP contribution < -0.4 is 0 Å². The van der Waals surface area contributed by atoms with Gasteiger partial charge in [0.1, 0.15) is 0 Å². The van der Waals surface area contributed by atoms with Gasteiger partial charge in [0.25, 0.3) is 0 Å². The number of carboxylic acids is 1. The van der Waals surface area contributed by atoms with Gasteiger partial charge in [0.15, 0.2) is 11.6 Å². The summed E-state index contributed by atoms with van der Waals surface area (Å²) in [5, 5.41) is 18.8. The lowest BCUT2D eigenvalue weighted by molar-refractivity contribution is -0.145. The van der Waals surface area contributed by atoms with Gasteiger partial charge in [-0.2, -0.15) is 0 Å². The molecule has 0 unspecified atom stereocenters. The molecular formula is C13H15FO3. The molecule has 17 heavy (non-hydrogen) atoms. The highest BCUT2D eigenvalue weighted by molar-refractivity contribution is 5.81. The van der Waals surface area contributed by atoms with Crippen LogP contribution in [0.5, 0.6) is 5.75 Å². The van der Waals surface area contributed by atoms with Crippen molar-refractivity contribution in [2.45, 2.75) is 37.5 Å². The van der Waals surface area contributed by atoms with Crippen LogP contribution in [-0.4, -0.2) is 16.2 Å². The molecule has 1 fully saturated rings. The number of hydrogen-bond donors (Lipinski definition) is 2. The first kappa shape index (κ1) is 11.9. The van der Waals surface area contributed by atoms with Crippen molar-refractivity contribution in [1.29, 1.82) is 0 Å². The van der Waals surface area contributed by atoms with Gasteiger partial charge in [-0.1, -0.05) is 25.3 Å². The number of hydrogen-bond acceptors (Lipinski definition) is 2. The lowest BCUT2D eigenvalue weighted by Gasteiger charge is -2.33. The SMILES string of the molecule is O=C(O)C1(c2ccc(F)c(O)c2)CCCCC1. The van der Waals surface area contributed by atoms with Crippen LogP contribution in [0, 0.1) is 5.82 Å². The van der Waals surface area contributed by atoms with Crippen LogP contribution in [0.2, 0.25) is 0 Å². The summed E-state index contributed by atoms with van der Waals surface area (Å²) in [6.07, 6.45) is 3.83. The molecule has 0 aliphatic heterocycles. The van der Waals surface area contributed by atoms with Gasteiger partial charge < -0.3 is 10.2 Å². The smallest absolute Gasteiger partial charge is 0.314 e. The van der Waals surface area contributed by atoms with E-state index < -0.39 is 23.0 Å². The Kier molecular flexibility index (Phi) is 3.05. The summed E-state index contributed by atoms with van der Waals surface area (Å²) in [7, 11) is 0. The van der Waals surface area contributed by atoms with E-state index >= 15 is 0 Å². The van der Waals surface area contributed by atoms with Gasteiger partial charge in [-0.05, 0) is 30.5 Å². The highest BCUT2D eigenvalue weighted by Crippen LogP contribution is 2.40. The summed E-state index contributed by atoms with van der Waals surface area (Å²) in [6, 6.07) is 3.84. The van der Waals surface area contributed by atoms with Gasteiger partial charge in [0.05, 0.1) is 5.41 Å². The van der Waals surface area contributed by atoms with E-state index in [2.05, 4.69) is 0 Å². The molecule has 1 aromatic rings. The zero-order valence-electron chi connectivity index (χ0n) is 9.45. The maximum absolute atomic E-state index is 13.0. The summed E-state index contributed by atoms with van der Waals surface area (Å²) < 4.78 is 13.0. The van der Waals surface area contributed by atoms with Crippen LogP contribution in [0.25, 0.3) is 0 Å². The first-order valence-electron chi connectivity index (χ1n) is 5.79. The van der Waals surface area contributed by atoms with E-state index in [0.29, 0.717) is 18.4 Å². The summed E-state index contributed by atoms with van der Waals surface area (Å²) in [4.78, 5) is 11.5. The largest absolute Gasteiger partial charge is 0.505 e. The van der Waals surface area contributed by atoms with Crippen LogP contribution >= 0.6 is 0 Å². The minimum Gasteiger partial charge on any atom is -0.505 e. The highest BCUT2D eigenvalue weighted by Gasteiger charge is 2.41. The fourth-order valence-corrected chi connectivity index (χ4v) is 2.59. The molecule has 1 aromatic carbocycles. The van der Waals surface area contributed by atoms with Crippen molar-refractivity contribution in [2.75, 3.05) is 0 Å². The second-order valence-electron chi connectivity index (χ2n) is 4.61. The normalized spacial score (nSPS) is 18.9. The fourth-order valence-electron chi connectivity index (χ4n) is 2.59. The second kappa shape index (κ2) is 4.35. The number of aromatic hydroxyl groups is 1. The molecule has 1 aliphatic carbocycles. The predicted octanol–water partition coefficient (Wildman–Crippen LogP) is 2.82. The molecule has 1 saturated carbocycles. The maximum atomic E-state index is 13.0. The van der Waals surface area contributed by atoms with Crippen molar-refractivity contribution < 1.29 is 19.4 Å². The van der Waals surface area contributed by atoms with Crippen LogP contribution in [0.1, 0.15) is 37.7 Å². The number of rotatable bonds is 2. The number of carbonyl (C=O) groups is 1. The van der Waals surface area contributed by atoms with E-state index in [1.165, 1.54) is 12.1 Å². The maximum Gasteiger partial charge on any atom is 0.314 e. The number of phenols is 1. The van der Waals surface area contributed by atoms with E-state index in [1.807, 2.05) is 0 Å². The lowest BCUT2D eigenvalue weighted by Crippen LogP contribution is -2.37. The van der Waals surface area contributed by atoms with Gasteiger partial charge in [0, 0.05) is 0 Å². The molecule has 0 radical (unpaired) electrons. The van der Waals surface area contributed by atoms with Gasteiger partial charge in [-0.15, -0.1) is 0 Å². The topological polar surface area (TPSA) is 57.5 Å². The molecule has 92 valence electrons. The Balaban J connectivity index is 2.45. The molecule has 1 aliphatic rings. The Hall–Kier alpha value is -1.58. The van der Waals surface area contributed by atoms with Gasteiger partial charge in [-0.25, -0.2) is 4.39 Å². The van der Waals surface area contributed by atoms with Crippen LogP contribution in [0.3, 0.4) is 0 Å². The first-order valence-corrected chi connectivity index (χ1v) is 5.79. The molecule has 0 bridgehead atoms. The molecule has 2 N–H and O–H groups in total. The standard InChI is InChI=1S/C13H15FO3/c14-10-5-4-9(8-11(10)15)13(12(16)17)6-2-1-3-7-13/h4-5,8,15H,1-3,6-7H2,(H,16,17). The summed E-state index contributed by atoms with van der Waals surface area (Å²) >= 11 is 0. The molecule has 0 saturated heterocycles. The monoisotopic (exact) mass is 238 g/mol. The third-order valence-electron chi connectivity index (χ3n) is 3.62. The van der Waals surface area contributed by atoms with Gasteiger partial charge in [0.2, 0.25) is 0 Å². The molecular weight excluding hydrogens is 223 g/mol. The average molecular weight is 238 g/mol. The molecule has 0 spiro atoms. The van der Waals surface area contributed by atoms with E-state index in [0.717, 1.165) is 25.3 Å². The van der Waals surface area contributed by atoms with E-state index in [9.17, 15) is 19.4 Å². The highest BCUT2D eigenvalue weighted by atomic mass is 19.1. The van der Waals surface area contributed by atoms with Gasteiger partial charge in [-0.3, -0.25) is 4.79 Å². The number of aliphatic carboxylic acids is 1. The quantitative estimate of drug-likeness (QED) is 0.832. The Morgan fingerprint density at radius 2 is 1.88 bits per heavy atom. The number of halogens is 1. The Morgan fingerprint density at radius 3 is 2.41 bits per heavy atom. The molecule has 3 nitrogen and oxygen atoms in total. The molecule has 0 atom stereocenters. The van der Waals surface area contributed by atoms with E-state index in [1.54, 1.807) is 0 Å². The minimum absolute atomic E-state index is 0.478. The van der Waals surface area contributed by atoms with Crippen molar-refractivity contribution in [3.8, 4) is 5.75 Å². The van der Waals surface area contributed by atoms with Crippen molar-refractivity contribution in [2.24, 2.45) is 0 Å². The third-order valence-corrected chi connectivity index (χ3v) is 3.62. The Labute approximate surface area is 98.9 Å². The third kappa shape index (κ3) is 1.99. The minimum atomic E-state index is -0.955. The Morgan fingerprint density at radius 1 is 1.24 bits per heavy atom. The van der Waals surface area contributed by atoms with E-state index in [4.69, 9.17) is 0 Å². The number of phenolic OH excluding ortho intramolecular Hbond substituents is 1. The molecule has 0 aromatic heterocycles. The summed E-state index contributed by atoms with van der Waals surface area (Å²) in [6.45, 7) is 0. The van der Waals surface area contributed by atoms with Crippen molar-refractivity contribution in [1.82, 2.24) is 0 Å². The predicted molar refractivity (Wildman–Crippen MR) is 60.5 cm³/mol. The van der Waals surface area contributed by atoms with Crippen molar-refractivity contribution >= 4 is 5.97 Å². The zero-order valence-corrected chi connectivity index (χ0v) is 9.45. The zero-order chi connectivity index (χ0) is 12.5. The molecule has 4 heteroatoms. The molecule has 0 heterocycles. The van der Waals surface area contributed by atoms with Crippen LogP contribution in [0.15, 0.2) is 18.2 Å². The number of carboxylic acid groups (broad SMARTS) is 1. The van der Waals surface area contributed by atoms with Crippen molar-refractivity contribution in [3.63, 3.8) is 0 Å². The van der Waals surface area contributed by atoms with Crippen LogP contribution in [-0.2, 0) is 10.2 Å². The summed E-state index contributed by atoms with van der Waals surface area (Å²) in [5.74, 6) is -2.08. The Bertz CT molecular complexity index is 436. The van der Waals surface area contributed by atoms with E-state index in [-0.39, 0.29) is 0 Å².